The van der Waals surface area contributed by atoms with Crippen LogP contribution in [0.15, 0.2) is 18.5 Å². The monoisotopic (exact) mass is 226 g/mol. The molecule has 1 rings (SSSR count). The molecule has 0 saturated heterocycles. The van der Waals surface area contributed by atoms with Crippen LogP contribution in [0.25, 0.3) is 0 Å². The summed E-state index contributed by atoms with van der Waals surface area (Å²) in [5.74, 6) is -0.952. The van der Waals surface area contributed by atoms with Gasteiger partial charge < -0.3 is 10.1 Å². The minimum absolute atomic E-state index is 0.106. The van der Waals surface area contributed by atoms with Gasteiger partial charge in [-0.2, -0.15) is 0 Å². The third-order valence-electron chi connectivity index (χ3n) is 1.68. The van der Waals surface area contributed by atoms with Crippen molar-refractivity contribution >= 4 is 11.6 Å². The van der Waals surface area contributed by atoms with Crippen molar-refractivity contribution in [1.82, 2.24) is 4.98 Å². The molecule has 4 nitrogen and oxygen atoms in total. The number of ether oxygens (including phenoxy) is 1. The van der Waals surface area contributed by atoms with Gasteiger partial charge in [-0.1, -0.05) is 0 Å². The molecule has 0 atom stereocenters. The number of rotatable bonds is 3. The summed E-state index contributed by atoms with van der Waals surface area (Å²) in [5, 5.41) is 2.40. The Morgan fingerprint density at radius 1 is 1.56 bits per heavy atom. The van der Waals surface area contributed by atoms with E-state index < -0.39 is 11.4 Å². The summed E-state index contributed by atoms with van der Waals surface area (Å²) in [4.78, 5) is 15.0. The number of halogens is 1. The number of nitrogens with zero attached hydrogens (tertiary/aromatic N) is 1. The molecule has 0 unspecified atom stereocenters. The summed E-state index contributed by atoms with van der Waals surface area (Å²) >= 11 is 0. The fourth-order valence-electron chi connectivity index (χ4n) is 0.945. The van der Waals surface area contributed by atoms with Crippen molar-refractivity contribution in [2.75, 3.05) is 11.9 Å². The second-order valence-corrected chi connectivity index (χ2v) is 4.30. The molecule has 88 valence electrons. The highest BCUT2D eigenvalue weighted by Crippen LogP contribution is 2.11. The van der Waals surface area contributed by atoms with E-state index in [4.69, 9.17) is 4.74 Å². The Balaban J connectivity index is 2.50. The molecule has 0 aliphatic heterocycles. The van der Waals surface area contributed by atoms with Crippen LogP contribution < -0.4 is 5.32 Å². The van der Waals surface area contributed by atoms with Gasteiger partial charge in [0.1, 0.15) is 6.61 Å². The fraction of sp³-hybridized carbons (Fsp3) is 0.455. The van der Waals surface area contributed by atoms with Crippen LogP contribution in [0.1, 0.15) is 20.8 Å². The number of nitrogens with one attached hydrogen (secondary N) is 1. The Morgan fingerprint density at radius 2 is 2.25 bits per heavy atom. The predicted octanol–water partition coefficient (Wildman–Crippen LogP) is 1.97. The van der Waals surface area contributed by atoms with E-state index in [-0.39, 0.29) is 18.2 Å². The van der Waals surface area contributed by atoms with E-state index in [1.54, 1.807) is 0 Å². The van der Waals surface area contributed by atoms with E-state index in [9.17, 15) is 9.18 Å². The Hall–Kier alpha value is -1.49. The SMILES string of the molecule is CC(C)(C)OCC(=O)Nc1ccncc1F. The second kappa shape index (κ2) is 5.03. The van der Waals surface area contributed by atoms with Gasteiger partial charge in [0.2, 0.25) is 5.91 Å². The van der Waals surface area contributed by atoms with Crippen LogP contribution in [0.4, 0.5) is 10.1 Å². The zero-order valence-corrected chi connectivity index (χ0v) is 9.58. The van der Waals surface area contributed by atoms with Crippen molar-refractivity contribution < 1.29 is 13.9 Å². The Kier molecular flexibility index (Phi) is 3.95. The minimum atomic E-state index is -0.563. The Bertz CT molecular complexity index is 374. The summed E-state index contributed by atoms with van der Waals surface area (Å²) in [6, 6.07) is 1.39. The number of carbonyl (C=O) groups excluding carboxylic acids is 1. The molecular formula is C11H15FN2O2. The molecule has 1 aromatic heterocycles. The van der Waals surface area contributed by atoms with Crippen molar-refractivity contribution in [3.05, 3.63) is 24.3 Å². The summed E-state index contributed by atoms with van der Waals surface area (Å²) in [6.07, 6.45) is 2.45. The number of aromatic nitrogens is 1. The molecule has 1 aromatic rings. The molecule has 1 amide bonds. The number of hydrogen-bond donors (Lipinski definition) is 1. The highest BCUT2D eigenvalue weighted by Gasteiger charge is 2.13. The number of anilines is 1. The predicted molar refractivity (Wildman–Crippen MR) is 58.5 cm³/mol. The maximum Gasteiger partial charge on any atom is 0.250 e. The molecule has 0 spiro atoms. The quantitative estimate of drug-likeness (QED) is 0.857. The topological polar surface area (TPSA) is 51.2 Å². The van der Waals surface area contributed by atoms with Gasteiger partial charge >= 0.3 is 0 Å². The summed E-state index contributed by atoms with van der Waals surface area (Å²) < 4.78 is 18.4. The van der Waals surface area contributed by atoms with Gasteiger partial charge in [0.25, 0.3) is 0 Å². The first kappa shape index (κ1) is 12.6. The first-order valence-corrected chi connectivity index (χ1v) is 4.92. The molecule has 1 heterocycles. The van der Waals surface area contributed by atoms with Gasteiger partial charge in [0.05, 0.1) is 17.5 Å². The number of amides is 1. The van der Waals surface area contributed by atoms with Gasteiger partial charge in [-0.05, 0) is 26.8 Å². The largest absolute Gasteiger partial charge is 0.366 e. The normalized spacial score (nSPS) is 11.2. The van der Waals surface area contributed by atoms with Gasteiger partial charge in [-0.25, -0.2) is 4.39 Å². The van der Waals surface area contributed by atoms with E-state index in [2.05, 4.69) is 10.3 Å². The summed E-state index contributed by atoms with van der Waals surface area (Å²) in [6.45, 7) is 5.42. The van der Waals surface area contributed by atoms with Gasteiger partial charge in [-0.15, -0.1) is 0 Å². The number of carbonyl (C=O) groups is 1. The van der Waals surface area contributed by atoms with Crippen LogP contribution in [0.3, 0.4) is 0 Å². The van der Waals surface area contributed by atoms with E-state index in [1.807, 2.05) is 20.8 Å². The van der Waals surface area contributed by atoms with Gasteiger partial charge in [-0.3, -0.25) is 9.78 Å². The van der Waals surface area contributed by atoms with Crippen LogP contribution in [0, 0.1) is 5.82 Å². The average Bonchev–Trinajstić information content (AvgIpc) is 2.18. The molecule has 16 heavy (non-hydrogen) atoms. The molecule has 0 saturated carbocycles. The van der Waals surface area contributed by atoms with Crippen molar-refractivity contribution in [2.45, 2.75) is 26.4 Å². The van der Waals surface area contributed by atoms with Crippen molar-refractivity contribution in [2.24, 2.45) is 0 Å². The Labute approximate surface area is 93.8 Å². The maximum absolute atomic E-state index is 13.1. The number of pyridine rings is 1. The highest BCUT2D eigenvalue weighted by molar-refractivity contribution is 5.91. The molecular weight excluding hydrogens is 211 g/mol. The molecule has 1 N–H and O–H groups in total. The lowest BCUT2D eigenvalue weighted by Crippen LogP contribution is -2.27. The van der Waals surface area contributed by atoms with E-state index >= 15 is 0 Å². The van der Waals surface area contributed by atoms with Crippen molar-refractivity contribution in [3.8, 4) is 0 Å². The lowest BCUT2D eigenvalue weighted by atomic mass is 10.2. The summed E-state index contributed by atoms with van der Waals surface area (Å²) in [7, 11) is 0. The van der Waals surface area contributed by atoms with E-state index in [1.165, 1.54) is 12.3 Å². The third-order valence-corrected chi connectivity index (χ3v) is 1.68. The van der Waals surface area contributed by atoms with E-state index in [0.29, 0.717) is 0 Å². The molecule has 0 fully saturated rings. The molecule has 5 heteroatoms. The first-order valence-electron chi connectivity index (χ1n) is 4.92. The van der Waals surface area contributed by atoms with Crippen LogP contribution in [0.5, 0.6) is 0 Å². The molecule has 0 radical (unpaired) electrons. The third kappa shape index (κ3) is 4.35. The van der Waals surface area contributed by atoms with Crippen LogP contribution in [-0.2, 0) is 9.53 Å². The molecule has 0 aliphatic carbocycles. The van der Waals surface area contributed by atoms with Gasteiger partial charge in [0.15, 0.2) is 5.82 Å². The van der Waals surface area contributed by atoms with Crippen molar-refractivity contribution in [3.63, 3.8) is 0 Å². The second-order valence-electron chi connectivity index (χ2n) is 4.30. The van der Waals surface area contributed by atoms with E-state index in [0.717, 1.165) is 6.20 Å². The molecule has 0 aliphatic rings. The Morgan fingerprint density at radius 3 is 2.81 bits per heavy atom. The van der Waals surface area contributed by atoms with Crippen LogP contribution >= 0.6 is 0 Å². The molecule has 0 aromatic carbocycles. The minimum Gasteiger partial charge on any atom is -0.366 e. The standard InChI is InChI=1S/C11H15FN2O2/c1-11(2,3)16-7-10(15)14-9-4-5-13-6-8(9)12/h4-6H,7H2,1-3H3,(H,13,14,15). The fourth-order valence-corrected chi connectivity index (χ4v) is 0.945. The van der Waals surface area contributed by atoms with Crippen LogP contribution in [-0.4, -0.2) is 23.1 Å². The first-order chi connectivity index (χ1) is 7.38. The highest BCUT2D eigenvalue weighted by atomic mass is 19.1. The van der Waals surface area contributed by atoms with Crippen molar-refractivity contribution in [1.29, 1.82) is 0 Å². The molecule has 0 bridgehead atoms. The number of hydrogen-bond acceptors (Lipinski definition) is 3. The zero-order valence-electron chi connectivity index (χ0n) is 9.58. The maximum atomic E-state index is 13.1. The summed E-state index contributed by atoms with van der Waals surface area (Å²) in [5.41, 5.74) is -0.286. The van der Waals surface area contributed by atoms with Gasteiger partial charge in [0, 0.05) is 6.20 Å². The lowest BCUT2D eigenvalue weighted by Gasteiger charge is -2.18. The zero-order chi connectivity index (χ0) is 12.2. The lowest BCUT2D eigenvalue weighted by molar-refractivity contribution is -0.125. The van der Waals surface area contributed by atoms with Crippen LogP contribution in [0.2, 0.25) is 0 Å². The smallest absolute Gasteiger partial charge is 0.250 e. The average molecular weight is 226 g/mol.